The van der Waals surface area contributed by atoms with E-state index in [2.05, 4.69) is 9.72 Å². The number of ether oxygens (including phenoxy) is 1. The summed E-state index contributed by atoms with van der Waals surface area (Å²) >= 11 is 0. The third-order valence-electron chi connectivity index (χ3n) is 2.30. The van der Waals surface area contributed by atoms with Crippen molar-refractivity contribution in [2.24, 2.45) is 0 Å². The lowest BCUT2D eigenvalue weighted by Gasteiger charge is -2.09. The predicted molar refractivity (Wildman–Crippen MR) is 62.6 cm³/mol. The second-order valence-corrected chi connectivity index (χ2v) is 5.85. The Morgan fingerprint density at radius 1 is 1.44 bits per heavy atom. The second kappa shape index (κ2) is 6.08. The van der Waals surface area contributed by atoms with Crippen LogP contribution in [0.2, 0.25) is 0 Å². The number of unbranched alkanes of at least 4 members (excludes halogenated alkanes) is 1. The lowest BCUT2D eigenvalue weighted by molar-refractivity contribution is -0.0502. The van der Waals surface area contributed by atoms with E-state index < -0.39 is 16.4 Å². The van der Waals surface area contributed by atoms with Crippen LogP contribution in [0.4, 0.5) is 8.78 Å². The van der Waals surface area contributed by atoms with E-state index in [0.29, 0.717) is 12.1 Å². The number of nitrogens with zero attached hydrogens (tertiary/aromatic N) is 1. The van der Waals surface area contributed by atoms with Gasteiger partial charge in [-0.2, -0.15) is 8.78 Å². The molecule has 1 aromatic rings. The van der Waals surface area contributed by atoms with E-state index in [4.69, 9.17) is 0 Å². The summed E-state index contributed by atoms with van der Waals surface area (Å²) in [5, 5.41) is 0. The van der Waals surface area contributed by atoms with Crippen LogP contribution in [0.5, 0.6) is 5.75 Å². The molecule has 0 N–H and O–H groups in total. The molecule has 7 heteroatoms. The largest absolute Gasteiger partial charge is 0.433 e. The van der Waals surface area contributed by atoms with Crippen molar-refractivity contribution in [2.75, 3.05) is 6.26 Å². The van der Waals surface area contributed by atoms with E-state index >= 15 is 0 Å². The third kappa shape index (κ3) is 4.21. The van der Waals surface area contributed by atoms with Gasteiger partial charge in [-0.15, -0.1) is 0 Å². The quantitative estimate of drug-likeness (QED) is 0.802. The normalized spacial score (nSPS) is 11.8. The molecule has 0 spiro atoms. The minimum Gasteiger partial charge on any atom is -0.433 e. The first-order valence-electron chi connectivity index (χ1n) is 5.48. The van der Waals surface area contributed by atoms with Gasteiger partial charge in [0.25, 0.3) is 0 Å². The number of hydrogen-bond acceptors (Lipinski definition) is 4. The molecule has 1 rings (SSSR count). The number of aryl methyl sites for hydroxylation is 1. The molecule has 0 aliphatic carbocycles. The molecule has 0 saturated carbocycles. The molecule has 0 aliphatic rings. The first kappa shape index (κ1) is 14.8. The molecule has 102 valence electrons. The van der Waals surface area contributed by atoms with Crippen molar-refractivity contribution in [3.8, 4) is 5.75 Å². The van der Waals surface area contributed by atoms with Crippen LogP contribution in [0.1, 0.15) is 25.5 Å². The Hall–Kier alpha value is -1.24. The molecule has 18 heavy (non-hydrogen) atoms. The number of aromatic nitrogens is 1. The van der Waals surface area contributed by atoms with E-state index in [1.807, 2.05) is 6.92 Å². The molecular weight excluding hydrogens is 264 g/mol. The number of rotatable bonds is 6. The Balaban J connectivity index is 3.13. The summed E-state index contributed by atoms with van der Waals surface area (Å²) in [5.74, 6) is -0.245. The van der Waals surface area contributed by atoms with Gasteiger partial charge >= 0.3 is 6.61 Å². The van der Waals surface area contributed by atoms with Crippen LogP contribution in [0.3, 0.4) is 0 Å². The molecule has 0 aromatic carbocycles. The van der Waals surface area contributed by atoms with Gasteiger partial charge in [-0.05, 0) is 12.8 Å². The summed E-state index contributed by atoms with van der Waals surface area (Å²) in [7, 11) is -3.51. The number of alkyl halides is 2. The van der Waals surface area contributed by atoms with E-state index in [9.17, 15) is 17.2 Å². The number of hydrogen-bond donors (Lipinski definition) is 0. The minimum absolute atomic E-state index is 0.0471. The first-order valence-corrected chi connectivity index (χ1v) is 7.37. The van der Waals surface area contributed by atoms with Crippen LogP contribution in [-0.2, 0) is 16.3 Å². The fourth-order valence-corrected chi connectivity index (χ4v) is 2.39. The van der Waals surface area contributed by atoms with E-state index in [-0.39, 0.29) is 10.6 Å². The SMILES string of the molecule is CCCCc1ncc(OC(F)F)cc1S(C)(=O)=O. The number of pyridine rings is 1. The topological polar surface area (TPSA) is 56.3 Å². The predicted octanol–water partition coefficient (Wildman–Crippen LogP) is 2.43. The summed E-state index contributed by atoms with van der Waals surface area (Å²) in [5.41, 5.74) is 0.390. The van der Waals surface area contributed by atoms with Crippen molar-refractivity contribution in [3.63, 3.8) is 0 Å². The summed E-state index contributed by atoms with van der Waals surface area (Å²) in [6.45, 7) is -1.03. The Morgan fingerprint density at radius 3 is 2.61 bits per heavy atom. The van der Waals surface area contributed by atoms with Crippen molar-refractivity contribution in [3.05, 3.63) is 18.0 Å². The van der Waals surface area contributed by atoms with Gasteiger partial charge in [-0.1, -0.05) is 13.3 Å². The summed E-state index contributed by atoms with van der Waals surface area (Å²) in [4.78, 5) is 3.85. The Bertz CT molecular complexity index is 503. The van der Waals surface area contributed by atoms with Gasteiger partial charge in [0, 0.05) is 12.3 Å². The van der Waals surface area contributed by atoms with Crippen LogP contribution in [0.15, 0.2) is 17.2 Å². The lowest BCUT2D eigenvalue weighted by atomic mass is 10.2. The van der Waals surface area contributed by atoms with E-state index in [0.717, 1.165) is 31.4 Å². The highest BCUT2D eigenvalue weighted by molar-refractivity contribution is 7.90. The van der Waals surface area contributed by atoms with Gasteiger partial charge in [0.2, 0.25) is 0 Å². The average Bonchev–Trinajstić information content (AvgIpc) is 2.25. The van der Waals surface area contributed by atoms with Crippen molar-refractivity contribution in [2.45, 2.75) is 37.7 Å². The molecule has 4 nitrogen and oxygen atoms in total. The zero-order valence-corrected chi connectivity index (χ0v) is 11.0. The van der Waals surface area contributed by atoms with Gasteiger partial charge in [0.1, 0.15) is 5.75 Å². The maximum absolute atomic E-state index is 12.1. The van der Waals surface area contributed by atoms with Crippen LogP contribution < -0.4 is 4.74 Å². The van der Waals surface area contributed by atoms with Gasteiger partial charge in [-0.3, -0.25) is 4.98 Å². The Labute approximate surface area is 105 Å². The Morgan fingerprint density at radius 2 is 2.11 bits per heavy atom. The summed E-state index contributed by atoms with van der Waals surface area (Å²) in [6.07, 6.45) is 4.30. The lowest BCUT2D eigenvalue weighted by Crippen LogP contribution is -2.08. The molecule has 0 aliphatic heterocycles. The maximum Gasteiger partial charge on any atom is 0.387 e. The Kier molecular flexibility index (Phi) is 5.01. The molecule has 0 fully saturated rings. The number of sulfone groups is 1. The fraction of sp³-hybridized carbons (Fsp3) is 0.545. The van der Waals surface area contributed by atoms with Gasteiger partial charge in [0.05, 0.1) is 16.8 Å². The van der Waals surface area contributed by atoms with Crippen LogP contribution in [-0.4, -0.2) is 26.3 Å². The molecule has 0 atom stereocenters. The molecule has 0 saturated heterocycles. The third-order valence-corrected chi connectivity index (χ3v) is 3.45. The van der Waals surface area contributed by atoms with Crippen molar-refractivity contribution >= 4 is 9.84 Å². The maximum atomic E-state index is 12.1. The smallest absolute Gasteiger partial charge is 0.387 e. The first-order chi connectivity index (χ1) is 8.34. The highest BCUT2D eigenvalue weighted by atomic mass is 32.2. The zero-order chi connectivity index (χ0) is 13.8. The van der Waals surface area contributed by atoms with Gasteiger partial charge < -0.3 is 4.74 Å². The van der Waals surface area contributed by atoms with Crippen molar-refractivity contribution < 1.29 is 21.9 Å². The van der Waals surface area contributed by atoms with E-state index in [1.165, 1.54) is 0 Å². The van der Waals surface area contributed by atoms with Crippen LogP contribution in [0.25, 0.3) is 0 Å². The highest BCUT2D eigenvalue weighted by Gasteiger charge is 2.17. The molecule has 0 radical (unpaired) electrons. The van der Waals surface area contributed by atoms with Crippen LogP contribution >= 0.6 is 0 Å². The zero-order valence-electron chi connectivity index (χ0n) is 10.2. The van der Waals surface area contributed by atoms with Gasteiger partial charge in [0.15, 0.2) is 9.84 Å². The summed E-state index contributed by atoms with van der Waals surface area (Å²) < 4.78 is 51.4. The average molecular weight is 279 g/mol. The molecule has 1 aromatic heterocycles. The number of halogens is 2. The standard InChI is InChI=1S/C11H15F2NO3S/c1-3-4-5-9-10(18(2,15)16)6-8(7-14-9)17-11(12)13/h6-7,11H,3-5H2,1-2H3. The monoisotopic (exact) mass is 279 g/mol. The molecule has 1 heterocycles. The molecule has 0 unspecified atom stereocenters. The molecule has 0 amide bonds. The summed E-state index contributed by atoms with van der Waals surface area (Å²) in [6, 6.07) is 1.10. The van der Waals surface area contributed by atoms with E-state index in [1.54, 1.807) is 0 Å². The van der Waals surface area contributed by atoms with Gasteiger partial charge in [-0.25, -0.2) is 8.42 Å². The molecule has 0 bridgehead atoms. The minimum atomic E-state index is -3.51. The fourth-order valence-electron chi connectivity index (χ4n) is 1.48. The highest BCUT2D eigenvalue weighted by Crippen LogP contribution is 2.22. The second-order valence-electron chi connectivity index (χ2n) is 3.87. The molecular formula is C11H15F2NO3S. The van der Waals surface area contributed by atoms with Crippen molar-refractivity contribution in [1.29, 1.82) is 0 Å². The van der Waals surface area contributed by atoms with Crippen molar-refractivity contribution in [1.82, 2.24) is 4.98 Å². The van der Waals surface area contributed by atoms with Crippen LogP contribution in [0, 0.1) is 0 Å².